The van der Waals surface area contributed by atoms with Crippen LogP contribution in [0.1, 0.15) is 16.8 Å². The van der Waals surface area contributed by atoms with E-state index in [0.717, 1.165) is 17.8 Å². The molecular formula is C14H10F4N2. The number of nitrogens with zero attached hydrogens (tertiary/aromatic N) is 1. The average molecular weight is 282 g/mol. The second-order valence-electron chi connectivity index (χ2n) is 4.64. The quantitative estimate of drug-likeness (QED) is 0.736. The molecule has 0 atom stereocenters. The third-order valence-corrected chi connectivity index (χ3v) is 3.27. The molecule has 0 aliphatic carbocycles. The predicted molar refractivity (Wildman–Crippen MR) is 66.3 cm³/mol. The number of hydrogen-bond acceptors (Lipinski definition) is 2. The smallest absolute Gasteiger partial charge is 0.354 e. The van der Waals surface area contributed by atoms with Gasteiger partial charge in [0, 0.05) is 11.9 Å². The van der Waals surface area contributed by atoms with Gasteiger partial charge in [0.2, 0.25) is 0 Å². The number of aryl methyl sites for hydroxylation is 2. The SMILES string of the molecule is Fc1ccc2c(c1)Nc1cc(C(F)(F)F)cnc1CC2. The first-order valence-electron chi connectivity index (χ1n) is 6.05. The van der Waals surface area contributed by atoms with Crippen LogP contribution >= 0.6 is 0 Å². The molecule has 0 fully saturated rings. The van der Waals surface area contributed by atoms with Crippen LogP contribution in [-0.2, 0) is 19.0 Å². The highest BCUT2D eigenvalue weighted by molar-refractivity contribution is 5.67. The zero-order valence-corrected chi connectivity index (χ0v) is 10.3. The van der Waals surface area contributed by atoms with Gasteiger partial charge in [-0.3, -0.25) is 4.98 Å². The number of hydrogen-bond donors (Lipinski definition) is 1. The number of fused-ring (bicyclic) bond motifs is 2. The first-order valence-corrected chi connectivity index (χ1v) is 6.05. The molecule has 2 heterocycles. The standard InChI is InChI=1S/C14H10F4N2/c15-10-3-1-8-2-4-11-13(20-12(8)6-10)5-9(7-19-11)14(16,17)18/h1,3,5-7,20H,2,4H2. The lowest BCUT2D eigenvalue weighted by molar-refractivity contribution is -0.137. The number of pyridine rings is 1. The van der Waals surface area contributed by atoms with E-state index in [1.54, 1.807) is 6.07 Å². The van der Waals surface area contributed by atoms with Crippen molar-refractivity contribution < 1.29 is 17.6 Å². The van der Waals surface area contributed by atoms with Gasteiger partial charge in [0.15, 0.2) is 0 Å². The van der Waals surface area contributed by atoms with E-state index in [1.807, 2.05) is 0 Å². The molecule has 2 aromatic rings. The maximum atomic E-state index is 13.2. The largest absolute Gasteiger partial charge is 0.417 e. The van der Waals surface area contributed by atoms with Gasteiger partial charge in [-0.1, -0.05) is 6.07 Å². The second kappa shape index (κ2) is 4.47. The molecule has 20 heavy (non-hydrogen) atoms. The van der Waals surface area contributed by atoms with E-state index in [9.17, 15) is 17.6 Å². The van der Waals surface area contributed by atoms with Crippen LogP contribution in [0.3, 0.4) is 0 Å². The van der Waals surface area contributed by atoms with Crippen molar-refractivity contribution in [2.75, 3.05) is 5.32 Å². The Kier molecular flexibility index (Phi) is 2.88. The number of aromatic nitrogens is 1. The molecule has 1 aromatic heterocycles. The number of halogens is 4. The van der Waals surface area contributed by atoms with Crippen LogP contribution < -0.4 is 5.32 Å². The number of anilines is 2. The molecule has 3 rings (SSSR count). The Bertz CT molecular complexity index is 665. The summed E-state index contributed by atoms with van der Waals surface area (Å²) in [5.74, 6) is -0.431. The molecular weight excluding hydrogens is 272 g/mol. The first kappa shape index (κ1) is 12.9. The first-order chi connectivity index (χ1) is 9.43. The molecule has 0 saturated carbocycles. The topological polar surface area (TPSA) is 24.9 Å². The molecule has 1 aliphatic heterocycles. The highest BCUT2D eigenvalue weighted by Crippen LogP contribution is 2.34. The van der Waals surface area contributed by atoms with Crippen molar-refractivity contribution in [3.05, 3.63) is 53.1 Å². The normalized spacial score (nSPS) is 14.0. The van der Waals surface area contributed by atoms with Crippen LogP contribution in [0.15, 0.2) is 30.5 Å². The Balaban J connectivity index is 2.06. The molecule has 0 amide bonds. The van der Waals surface area contributed by atoms with Gasteiger partial charge in [-0.2, -0.15) is 13.2 Å². The summed E-state index contributed by atoms with van der Waals surface area (Å²) in [6.07, 6.45) is -2.50. The van der Waals surface area contributed by atoms with Gasteiger partial charge in [0.25, 0.3) is 0 Å². The van der Waals surface area contributed by atoms with E-state index in [4.69, 9.17) is 0 Å². The number of alkyl halides is 3. The van der Waals surface area contributed by atoms with Gasteiger partial charge in [0.05, 0.1) is 16.9 Å². The maximum Gasteiger partial charge on any atom is 0.417 e. The molecule has 0 spiro atoms. The number of nitrogens with one attached hydrogen (secondary N) is 1. The van der Waals surface area contributed by atoms with Gasteiger partial charge >= 0.3 is 6.18 Å². The second-order valence-corrected chi connectivity index (χ2v) is 4.64. The average Bonchev–Trinajstić information content (AvgIpc) is 2.55. The van der Waals surface area contributed by atoms with Crippen molar-refractivity contribution in [2.24, 2.45) is 0 Å². The van der Waals surface area contributed by atoms with Crippen molar-refractivity contribution in [3.63, 3.8) is 0 Å². The van der Waals surface area contributed by atoms with Crippen molar-refractivity contribution in [1.82, 2.24) is 4.98 Å². The lowest BCUT2D eigenvalue weighted by Crippen LogP contribution is -2.08. The van der Waals surface area contributed by atoms with Crippen molar-refractivity contribution in [3.8, 4) is 0 Å². The molecule has 104 valence electrons. The number of benzene rings is 1. The van der Waals surface area contributed by atoms with Gasteiger partial charge in [-0.05, 0) is 36.6 Å². The minimum atomic E-state index is -4.44. The fourth-order valence-corrected chi connectivity index (χ4v) is 2.24. The molecule has 0 bridgehead atoms. The van der Waals surface area contributed by atoms with E-state index in [1.165, 1.54) is 12.1 Å². The van der Waals surface area contributed by atoms with Crippen molar-refractivity contribution in [2.45, 2.75) is 19.0 Å². The molecule has 0 saturated heterocycles. The van der Waals surface area contributed by atoms with Crippen molar-refractivity contribution in [1.29, 1.82) is 0 Å². The lowest BCUT2D eigenvalue weighted by atomic mass is 10.1. The summed E-state index contributed by atoms with van der Waals surface area (Å²) >= 11 is 0. The Morgan fingerprint density at radius 3 is 2.60 bits per heavy atom. The summed E-state index contributed by atoms with van der Waals surface area (Å²) in [7, 11) is 0. The summed E-state index contributed by atoms with van der Waals surface area (Å²) in [5.41, 5.74) is 1.37. The zero-order chi connectivity index (χ0) is 14.3. The van der Waals surface area contributed by atoms with E-state index < -0.39 is 17.6 Å². The molecule has 1 aromatic carbocycles. The lowest BCUT2D eigenvalue weighted by Gasteiger charge is -2.12. The Hall–Kier alpha value is -2.11. The van der Waals surface area contributed by atoms with E-state index in [0.29, 0.717) is 24.2 Å². The summed E-state index contributed by atoms with van der Waals surface area (Å²) in [6.45, 7) is 0. The molecule has 6 heteroatoms. The highest BCUT2D eigenvalue weighted by atomic mass is 19.4. The molecule has 1 N–H and O–H groups in total. The van der Waals surface area contributed by atoms with Crippen LogP contribution in [0.4, 0.5) is 28.9 Å². The monoisotopic (exact) mass is 282 g/mol. The Morgan fingerprint density at radius 2 is 1.85 bits per heavy atom. The molecule has 2 nitrogen and oxygen atoms in total. The number of rotatable bonds is 0. The van der Waals surface area contributed by atoms with Crippen LogP contribution in [0.5, 0.6) is 0 Å². The third kappa shape index (κ3) is 2.33. The van der Waals surface area contributed by atoms with Crippen molar-refractivity contribution >= 4 is 11.4 Å². The third-order valence-electron chi connectivity index (χ3n) is 3.27. The van der Waals surface area contributed by atoms with Gasteiger partial charge in [-0.25, -0.2) is 4.39 Å². The summed E-state index contributed by atoms with van der Waals surface area (Å²) in [4.78, 5) is 3.87. The Morgan fingerprint density at radius 1 is 1.05 bits per heavy atom. The van der Waals surface area contributed by atoms with Crippen LogP contribution in [0.2, 0.25) is 0 Å². The molecule has 1 aliphatic rings. The van der Waals surface area contributed by atoms with Gasteiger partial charge in [0.1, 0.15) is 5.82 Å². The van der Waals surface area contributed by atoms with Gasteiger partial charge < -0.3 is 5.32 Å². The molecule has 0 unspecified atom stereocenters. The van der Waals surface area contributed by atoms with Crippen LogP contribution in [0.25, 0.3) is 0 Å². The maximum absolute atomic E-state index is 13.2. The fourth-order valence-electron chi connectivity index (χ4n) is 2.24. The van der Waals surface area contributed by atoms with E-state index in [-0.39, 0.29) is 5.69 Å². The zero-order valence-electron chi connectivity index (χ0n) is 10.3. The summed E-state index contributed by atoms with van der Waals surface area (Å²) in [6, 6.07) is 5.27. The van der Waals surface area contributed by atoms with Crippen LogP contribution in [-0.4, -0.2) is 4.98 Å². The summed E-state index contributed by atoms with van der Waals surface area (Å²) in [5, 5.41) is 2.85. The predicted octanol–water partition coefficient (Wildman–Crippen LogP) is 4.08. The highest BCUT2D eigenvalue weighted by Gasteiger charge is 2.32. The van der Waals surface area contributed by atoms with E-state index in [2.05, 4.69) is 10.3 Å². The van der Waals surface area contributed by atoms with Gasteiger partial charge in [-0.15, -0.1) is 0 Å². The summed E-state index contributed by atoms with van der Waals surface area (Å²) < 4.78 is 51.3. The van der Waals surface area contributed by atoms with E-state index >= 15 is 0 Å². The minimum Gasteiger partial charge on any atom is -0.354 e. The minimum absolute atomic E-state index is 0.282. The van der Waals surface area contributed by atoms with Crippen LogP contribution in [0, 0.1) is 5.82 Å². The fraction of sp³-hybridized carbons (Fsp3) is 0.214. The molecule has 0 radical (unpaired) electrons. The Labute approximate surface area is 112 Å².